The Balaban J connectivity index is 1.40. The highest BCUT2D eigenvalue weighted by molar-refractivity contribution is 6.31. The Morgan fingerprint density at radius 1 is 1.29 bits per heavy atom. The Bertz CT molecular complexity index is 580. The molecule has 0 bridgehead atoms. The maximum absolute atomic E-state index is 13.1. The summed E-state index contributed by atoms with van der Waals surface area (Å²) in [6, 6.07) is 5.90. The Hall–Kier alpha value is -1.33. The first-order valence-electron chi connectivity index (χ1n) is 8.81. The van der Waals surface area contributed by atoms with Crippen LogP contribution in [0.25, 0.3) is 0 Å². The second-order valence-electron chi connectivity index (χ2n) is 6.67. The van der Waals surface area contributed by atoms with Gasteiger partial charge in [0.25, 0.3) is 0 Å². The molecule has 6 heteroatoms. The maximum atomic E-state index is 13.1. The summed E-state index contributed by atoms with van der Waals surface area (Å²) in [6.07, 6.45) is 5.84. The van der Waals surface area contributed by atoms with Crippen LogP contribution in [0.3, 0.4) is 0 Å². The molecule has 1 aliphatic carbocycles. The lowest BCUT2D eigenvalue weighted by molar-refractivity contribution is 0.197. The summed E-state index contributed by atoms with van der Waals surface area (Å²) in [5.74, 6) is 0.532. The number of benzene rings is 1. The van der Waals surface area contributed by atoms with Gasteiger partial charge < -0.3 is 15.5 Å². The Labute approximate surface area is 148 Å². The molecule has 0 amide bonds. The number of rotatable bonds is 5. The molecule has 24 heavy (non-hydrogen) atoms. The predicted octanol–water partition coefficient (Wildman–Crippen LogP) is 2.81. The molecule has 1 saturated heterocycles. The van der Waals surface area contributed by atoms with E-state index in [0.29, 0.717) is 17.6 Å². The number of hydrogen-bond donors (Lipinski definition) is 2. The molecule has 1 heterocycles. The highest BCUT2D eigenvalue weighted by Gasteiger charge is 2.31. The van der Waals surface area contributed by atoms with E-state index in [9.17, 15) is 4.39 Å². The predicted molar refractivity (Wildman–Crippen MR) is 97.2 cm³/mol. The third-order valence-electron chi connectivity index (χ3n) is 4.86. The zero-order valence-electron chi connectivity index (χ0n) is 14.2. The number of likely N-dealkylation sites (tertiary alicyclic amines) is 1. The van der Waals surface area contributed by atoms with Crippen molar-refractivity contribution in [1.82, 2.24) is 15.5 Å². The van der Waals surface area contributed by atoms with Crippen molar-refractivity contribution >= 4 is 17.6 Å². The largest absolute Gasteiger partial charge is 0.356 e. The van der Waals surface area contributed by atoms with Gasteiger partial charge in [-0.15, -0.1) is 0 Å². The molecule has 0 radical (unpaired) electrons. The van der Waals surface area contributed by atoms with Crippen molar-refractivity contribution in [2.75, 3.05) is 26.7 Å². The standard InChI is InChI=1S/C18H26ClFN4/c1-21-18(22-9-6-13-2-3-14(20)12-17(13)19)23-15-7-10-24(11-8-15)16-4-5-16/h2-3,12,15-16H,4-11H2,1H3,(H2,21,22,23). The van der Waals surface area contributed by atoms with E-state index in [-0.39, 0.29) is 5.82 Å². The Kier molecular flexibility index (Phi) is 5.95. The zero-order valence-corrected chi connectivity index (χ0v) is 14.9. The first-order valence-corrected chi connectivity index (χ1v) is 9.18. The van der Waals surface area contributed by atoms with Crippen LogP contribution in [0, 0.1) is 5.82 Å². The van der Waals surface area contributed by atoms with Crippen molar-refractivity contribution in [3.05, 3.63) is 34.6 Å². The monoisotopic (exact) mass is 352 g/mol. The average molecular weight is 353 g/mol. The number of guanidine groups is 1. The molecular formula is C18H26ClFN4. The van der Waals surface area contributed by atoms with Crippen LogP contribution in [-0.4, -0.2) is 49.6 Å². The van der Waals surface area contributed by atoms with E-state index in [1.807, 2.05) is 0 Å². The van der Waals surface area contributed by atoms with Gasteiger partial charge in [0.2, 0.25) is 0 Å². The van der Waals surface area contributed by atoms with Crippen LogP contribution in [0.15, 0.2) is 23.2 Å². The fourth-order valence-electron chi connectivity index (χ4n) is 3.28. The van der Waals surface area contributed by atoms with Crippen molar-refractivity contribution < 1.29 is 4.39 Å². The molecule has 1 aromatic carbocycles. The van der Waals surface area contributed by atoms with E-state index in [4.69, 9.17) is 11.6 Å². The third kappa shape index (κ3) is 4.84. The summed E-state index contributed by atoms with van der Waals surface area (Å²) in [5, 5.41) is 7.32. The first-order chi connectivity index (χ1) is 11.7. The second kappa shape index (κ2) is 8.17. The number of piperidine rings is 1. The van der Waals surface area contributed by atoms with Gasteiger partial charge >= 0.3 is 0 Å². The summed E-state index contributed by atoms with van der Waals surface area (Å²) < 4.78 is 13.1. The summed E-state index contributed by atoms with van der Waals surface area (Å²) in [7, 11) is 1.79. The minimum absolute atomic E-state index is 0.299. The van der Waals surface area contributed by atoms with E-state index >= 15 is 0 Å². The van der Waals surface area contributed by atoms with Crippen LogP contribution in [0.1, 0.15) is 31.2 Å². The molecule has 0 atom stereocenters. The topological polar surface area (TPSA) is 39.7 Å². The molecular weight excluding hydrogens is 327 g/mol. The normalized spacial score (nSPS) is 20.2. The number of hydrogen-bond acceptors (Lipinski definition) is 2. The molecule has 2 N–H and O–H groups in total. The maximum Gasteiger partial charge on any atom is 0.191 e. The molecule has 132 valence electrons. The van der Waals surface area contributed by atoms with Crippen LogP contribution in [0.5, 0.6) is 0 Å². The van der Waals surface area contributed by atoms with Crippen molar-refractivity contribution in [1.29, 1.82) is 0 Å². The second-order valence-corrected chi connectivity index (χ2v) is 7.08. The lowest BCUT2D eigenvalue weighted by Gasteiger charge is -2.33. The van der Waals surface area contributed by atoms with Crippen LogP contribution in [-0.2, 0) is 6.42 Å². The van der Waals surface area contributed by atoms with Gasteiger partial charge in [0.1, 0.15) is 5.82 Å². The molecule has 2 aliphatic rings. The lowest BCUT2D eigenvalue weighted by atomic mass is 10.1. The van der Waals surface area contributed by atoms with Crippen LogP contribution in [0.2, 0.25) is 5.02 Å². The summed E-state index contributed by atoms with van der Waals surface area (Å²) >= 11 is 6.06. The van der Waals surface area contributed by atoms with Crippen LogP contribution in [0.4, 0.5) is 4.39 Å². The van der Waals surface area contributed by atoms with Crippen LogP contribution >= 0.6 is 11.6 Å². The highest BCUT2D eigenvalue weighted by atomic mass is 35.5. The molecule has 1 saturated carbocycles. The summed E-state index contributed by atoms with van der Waals surface area (Å²) in [4.78, 5) is 6.92. The van der Waals surface area contributed by atoms with Crippen molar-refractivity contribution in [3.8, 4) is 0 Å². The van der Waals surface area contributed by atoms with E-state index in [1.54, 1.807) is 13.1 Å². The van der Waals surface area contributed by atoms with Gasteiger partial charge in [0, 0.05) is 43.8 Å². The van der Waals surface area contributed by atoms with Gasteiger partial charge in [0.15, 0.2) is 5.96 Å². The fraction of sp³-hybridized carbons (Fsp3) is 0.611. The Morgan fingerprint density at radius 2 is 2.04 bits per heavy atom. The van der Waals surface area contributed by atoms with Gasteiger partial charge in [-0.25, -0.2) is 4.39 Å². The number of nitrogens with zero attached hydrogens (tertiary/aromatic N) is 2. The average Bonchev–Trinajstić information content (AvgIpc) is 3.41. The minimum atomic E-state index is -0.299. The summed E-state index contributed by atoms with van der Waals surface area (Å²) in [6.45, 7) is 3.08. The number of halogens is 2. The van der Waals surface area contributed by atoms with Crippen LogP contribution < -0.4 is 10.6 Å². The highest BCUT2D eigenvalue weighted by Crippen LogP contribution is 2.29. The summed E-state index contributed by atoms with van der Waals surface area (Å²) in [5.41, 5.74) is 0.943. The SMILES string of the molecule is CN=C(NCCc1ccc(F)cc1Cl)NC1CCN(C2CC2)CC1. The molecule has 0 unspecified atom stereocenters. The van der Waals surface area contributed by atoms with E-state index < -0.39 is 0 Å². The zero-order chi connectivity index (χ0) is 16.9. The van der Waals surface area contributed by atoms with Gasteiger partial charge in [-0.2, -0.15) is 0 Å². The minimum Gasteiger partial charge on any atom is -0.356 e. The first kappa shape index (κ1) is 17.5. The van der Waals surface area contributed by atoms with Crippen molar-refractivity contribution in [2.45, 2.75) is 44.2 Å². The van der Waals surface area contributed by atoms with E-state index in [1.165, 1.54) is 50.9 Å². The van der Waals surface area contributed by atoms with E-state index in [0.717, 1.165) is 24.0 Å². The molecule has 3 rings (SSSR count). The molecule has 4 nitrogen and oxygen atoms in total. The van der Waals surface area contributed by atoms with E-state index in [2.05, 4.69) is 20.5 Å². The molecule has 0 spiro atoms. The smallest absolute Gasteiger partial charge is 0.191 e. The van der Waals surface area contributed by atoms with Gasteiger partial charge in [-0.05, 0) is 49.8 Å². The van der Waals surface area contributed by atoms with Crippen molar-refractivity contribution in [3.63, 3.8) is 0 Å². The number of aliphatic imine (C=N–C) groups is 1. The Morgan fingerprint density at radius 3 is 2.67 bits per heavy atom. The molecule has 0 aromatic heterocycles. The lowest BCUT2D eigenvalue weighted by Crippen LogP contribution is -2.49. The van der Waals surface area contributed by atoms with Gasteiger partial charge in [0.05, 0.1) is 0 Å². The van der Waals surface area contributed by atoms with Crippen molar-refractivity contribution in [2.24, 2.45) is 4.99 Å². The molecule has 1 aromatic rings. The third-order valence-corrected chi connectivity index (χ3v) is 5.21. The fourth-order valence-corrected chi connectivity index (χ4v) is 3.54. The molecule has 1 aliphatic heterocycles. The van der Waals surface area contributed by atoms with Gasteiger partial charge in [-0.1, -0.05) is 17.7 Å². The number of nitrogens with one attached hydrogen (secondary N) is 2. The molecule has 2 fully saturated rings. The quantitative estimate of drug-likeness (QED) is 0.632. The van der Waals surface area contributed by atoms with Gasteiger partial charge in [-0.3, -0.25) is 4.99 Å².